The Balaban J connectivity index is 3.09. The topological polar surface area (TPSA) is 36.9 Å². The third-order valence-corrected chi connectivity index (χ3v) is 3.11. The average Bonchev–Trinajstić information content (AvgIpc) is 2.36. The van der Waals surface area contributed by atoms with Crippen molar-refractivity contribution in [2.45, 2.75) is 54.4 Å². The second kappa shape index (κ2) is 12.3. The molecular weight excluding hydrogens is 280 g/mol. The second-order valence-electron chi connectivity index (χ2n) is 8.07. The van der Waals surface area contributed by atoms with Gasteiger partial charge >= 0.3 is 0 Å². The molecule has 4 nitrogen and oxygen atoms in total. The maximum absolute atomic E-state index is 5.52. The van der Waals surface area contributed by atoms with E-state index in [4.69, 9.17) is 18.9 Å². The lowest BCUT2D eigenvalue weighted by Crippen LogP contribution is -2.15. The van der Waals surface area contributed by atoms with Gasteiger partial charge in [-0.1, -0.05) is 41.5 Å². The van der Waals surface area contributed by atoms with E-state index in [9.17, 15) is 0 Å². The quantitative estimate of drug-likeness (QED) is 0.482. The van der Waals surface area contributed by atoms with Crippen LogP contribution in [0.4, 0.5) is 0 Å². The molecule has 0 aromatic heterocycles. The predicted octanol–water partition coefficient (Wildman–Crippen LogP) is 3.93. The summed E-state index contributed by atoms with van der Waals surface area (Å²) in [5, 5.41) is 0. The summed E-state index contributed by atoms with van der Waals surface area (Å²) in [7, 11) is 0. The lowest BCUT2D eigenvalue weighted by atomic mass is 9.93. The van der Waals surface area contributed by atoms with E-state index in [0.29, 0.717) is 50.5 Å². The molecule has 0 aromatic rings. The third kappa shape index (κ3) is 19.8. The molecule has 0 amide bonds. The van der Waals surface area contributed by atoms with Crippen LogP contribution in [0.15, 0.2) is 0 Å². The normalized spacial score (nSPS) is 12.8. The van der Waals surface area contributed by atoms with Crippen LogP contribution in [0.5, 0.6) is 0 Å². The lowest BCUT2D eigenvalue weighted by Gasteiger charge is -2.17. The van der Waals surface area contributed by atoms with Gasteiger partial charge in [-0.05, 0) is 23.7 Å². The number of hydrogen-bond donors (Lipinski definition) is 0. The molecule has 0 unspecified atom stereocenters. The van der Waals surface area contributed by atoms with Crippen LogP contribution in [-0.2, 0) is 18.9 Å². The summed E-state index contributed by atoms with van der Waals surface area (Å²) >= 11 is 0. The molecule has 134 valence electrons. The average molecular weight is 318 g/mol. The summed E-state index contributed by atoms with van der Waals surface area (Å²) in [5.41, 5.74) is 0.674. The number of hydrogen-bond acceptors (Lipinski definition) is 4. The van der Waals surface area contributed by atoms with Crippen molar-refractivity contribution in [1.82, 2.24) is 0 Å². The van der Waals surface area contributed by atoms with Crippen LogP contribution in [-0.4, -0.2) is 52.9 Å². The van der Waals surface area contributed by atoms with Gasteiger partial charge < -0.3 is 18.9 Å². The van der Waals surface area contributed by atoms with Crippen molar-refractivity contribution < 1.29 is 18.9 Å². The zero-order chi connectivity index (χ0) is 16.9. The van der Waals surface area contributed by atoms with E-state index in [-0.39, 0.29) is 0 Å². The fourth-order valence-corrected chi connectivity index (χ4v) is 1.52. The van der Waals surface area contributed by atoms with Crippen LogP contribution in [0, 0.1) is 10.8 Å². The van der Waals surface area contributed by atoms with E-state index in [1.165, 1.54) is 0 Å². The summed E-state index contributed by atoms with van der Waals surface area (Å²) in [4.78, 5) is 0. The molecule has 0 aromatic carbocycles. The first-order valence-corrected chi connectivity index (χ1v) is 8.52. The zero-order valence-electron chi connectivity index (χ0n) is 15.7. The van der Waals surface area contributed by atoms with Crippen molar-refractivity contribution in [1.29, 1.82) is 0 Å². The molecule has 0 aliphatic heterocycles. The molecule has 0 spiro atoms. The zero-order valence-corrected chi connectivity index (χ0v) is 15.7. The second-order valence-corrected chi connectivity index (χ2v) is 8.07. The maximum Gasteiger partial charge on any atom is 0.0701 e. The Morgan fingerprint density at radius 3 is 0.864 bits per heavy atom. The van der Waals surface area contributed by atoms with Gasteiger partial charge in [0, 0.05) is 13.2 Å². The summed E-state index contributed by atoms with van der Waals surface area (Å²) in [5.74, 6) is 0. The molecule has 4 heteroatoms. The highest BCUT2D eigenvalue weighted by Crippen LogP contribution is 2.18. The molecule has 0 N–H and O–H groups in total. The van der Waals surface area contributed by atoms with Crippen LogP contribution in [0.3, 0.4) is 0 Å². The molecule has 0 radical (unpaired) electrons. The van der Waals surface area contributed by atoms with Crippen molar-refractivity contribution in [2.24, 2.45) is 10.8 Å². The molecule has 0 bridgehead atoms. The number of ether oxygens (including phenoxy) is 4. The fourth-order valence-electron chi connectivity index (χ4n) is 1.52. The third-order valence-electron chi connectivity index (χ3n) is 3.11. The predicted molar refractivity (Wildman–Crippen MR) is 91.4 cm³/mol. The molecule has 0 saturated heterocycles. The highest BCUT2D eigenvalue weighted by atomic mass is 16.6. The van der Waals surface area contributed by atoms with Gasteiger partial charge in [0.25, 0.3) is 0 Å². The Hall–Kier alpha value is -0.160. The van der Waals surface area contributed by atoms with E-state index in [2.05, 4.69) is 41.5 Å². The standard InChI is InChI=1S/C18H38O4/c1-17(2,3)7-9-19-11-13-21-15-16-22-14-12-20-10-8-18(4,5)6/h7-16H2,1-6H3. The molecule has 0 atom stereocenters. The van der Waals surface area contributed by atoms with Crippen molar-refractivity contribution in [3.8, 4) is 0 Å². The highest BCUT2D eigenvalue weighted by molar-refractivity contribution is 4.60. The molecule has 22 heavy (non-hydrogen) atoms. The summed E-state index contributed by atoms with van der Waals surface area (Å²) in [6, 6.07) is 0. The fraction of sp³-hybridized carbons (Fsp3) is 1.00. The van der Waals surface area contributed by atoms with Crippen molar-refractivity contribution >= 4 is 0 Å². The van der Waals surface area contributed by atoms with Gasteiger partial charge in [0.2, 0.25) is 0 Å². The minimum Gasteiger partial charge on any atom is -0.379 e. The minimum atomic E-state index is 0.337. The summed E-state index contributed by atoms with van der Waals surface area (Å²) in [6.07, 6.45) is 2.15. The number of rotatable bonds is 13. The van der Waals surface area contributed by atoms with E-state index < -0.39 is 0 Å². The van der Waals surface area contributed by atoms with Gasteiger partial charge in [0.15, 0.2) is 0 Å². The minimum absolute atomic E-state index is 0.337. The smallest absolute Gasteiger partial charge is 0.0701 e. The first-order chi connectivity index (χ1) is 10.2. The van der Waals surface area contributed by atoms with Crippen LogP contribution in [0.25, 0.3) is 0 Å². The first-order valence-electron chi connectivity index (χ1n) is 8.52. The van der Waals surface area contributed by atoms with Gasteiger partial charge in [0.05, 0.1) is 39.6 Å². The molecule has 0 rings (SSSR count). The van der Waals surface area contributed by atoms with E-state index in [0.717, 1.165) is 26.1 Å². The molecule has 0 saturated carbocycles. The van der Waals surface area contributed by atoms with Gasteiger partial charge in [0.1, 0.15) is 0 Å². The van der Waals surface area contributed by atoms with Crippen molar-refractivity contribution in [3.05, 3.63) is 0 Å². The van der Waals surface area contributed by atoms with E-state index in [1.807, 2.05) is 0 Å². The van der Waals surface area contributed by atoms with Gasteiger partial charge in [-0.3, -0.25) is 0 Å². The Morgan fingerprint density at radius 1 is 0.409 bits per heavy atom. The first kappa shape index (κ1) is 21.8. The van der Waals surface area contributed by atoms with E-state index in [1.54, 1.807) is 0 Å². The molecule has 0 heterocycles. The van der Waals surface area contributed by atoms with Crippen molar-refractivity contribution in [2.75, 3.05) is 52.9 Å². The Bertz CT molecular complexity index is 214. The van der Waals surface area contributed by atoms with Gasteiger partial charge in [-0.15, -0.1) is 0 Å². The van der Waals surface area contributed by atoms with Gasteiger partial charge in [-0.2, -0.15) is 0 Å². The van der Waals surface area contributed by atoms with Gasteiger partial charge in [-0.25, -0.2) is 0 Å². The van der Waals surface area contributed by atoms with Crippen LogP contribution in [0.1, 0.15) is 54.4 Å². The largest absolute Gasteiger partial charge is 0.379 e. The molecule has 0 fully saturated rings. The molecular formula is C18H38O4. The lowest BCUT2D eigenvalue weighted by molar-refractivity contribution is -0.00605. The monoisotopic (exact) mass is 318 g/mol. The Labute approximate surface area is 137 Å². The Kier molecular flexibility index (Phi) is 12.2. The summed E-state index contributed by atoms with van der Waals surface area (Å²) < 4.78 is 21.9. The van der Waals surface area contributed by atoms with Crippen molar-refractivity contribution in [3.63, 3.8) is 0 Å². The van der Waals surface area contributed by atoms with Crippen LogP contribution in [0.2, 0.25) is 0 Å². The SMILES string of the molecule is CC(C)(C)CCOCCOCCOCCOCCC(C)(C)C. The maximum atomic E-state index is 5.52. The molecule has 0 aliphatic rings. The highest BCUT2D eigenvalue weighted by Gasteiger charge is 2.09. The Morgan fingerprint density at radius 2 is 0.636 bits per heavy atom. The van der Waals surface area contributed by atoms with E-state index >= 15 is 0 Å². The van der Waals surface area contributed by atoms with Crippen LogP contribution < -0.4 is 0 Å². The van der Waals surface area contributed by atoms with Crippen LogP contribution >= 0.6 is 0 Å². The molecule has 0 aliphatic carbocycles. The summed E-state index contributed by atoms with van der Waals surface area (Å²) in [6.45, 7) is 18.7.